The first kappa shape index (κ1) is 12.6. The molecule has 19 heavy (non-hydrogen) atoms. The first-order chi connectivity index (χ1) is 9.06. The quantitative estimate of drug-likeness (QED) is 0.816. The molecule has 0 saturated heterocycles. The predicted octanol–water partition coefficient (Wildman–Crippen LogP) is 1.79. The van der Waals surface area contributed by atoms with Crippen LogP contribution in [0.2, 0.25) is 0 Å². The Morgan fingerprint density at radius 2 is 2.11 bits per heavy atom. The maximum Gasteiger partial charge on any atom is 0.225 e. The second kappa shape index (κ2) is 4.62. The molecule has 0 bridgehead atoms. The van der Waals surface area contributed by atoms with Crippen molar-refractivity contribution in [3.05, 3.63) is 11.4 Å². The van der Waals surface area contributed by atoms with Gasteiger partial charge in [0.1, 0.15) is 0 Å². The monoisotopic (exact) mass is 262 g/mol. The summed E-state index contributed by atoms with van der Waals surface area (Å²) in [6, 6.07) is 0.500. The van der Waals surface area contributed by atoms with Crippen LogP contribution in [0.25, 0.3) is 0 Å². The highest BCUT2D eigenvalue weighted by Crippen LogP contribution is 2.38. The van der Waals surface area contributed by atoms with Crippen LogP contribution in [0, 0.1) is 11.8 Å². The van der Waals surface area contributed by atoms with Crippen LogP contribution >= 0.6 is 0 Å². The standard InChI is InChI=1S/C14H22N4O/c1-9(2)14(19)17-5-4-12-13(8-17)18(16-15-12)11-6-10(3)7-11/h9-11H,4-8H2,1-3H3. The number of rotatable bonds is 2. The Morgan fingerprint density at radius 3 is 2.74 bits per heavy atom. The van der Waals surface area contributed by atoms with Gasteiger partial charge in [-0.1, -0.05) is 26.0 Å². The lowest BCUT2D eigenvalue weighted by Crippen LogP contribution is -2.40. The summed E-state index contributed by atoms with van der Waals surface area (Å²) >= 11 is 0. The minimum Gasteiger partial charge on any atom is -0.336 e. The van der Waals surface area contributed by atoms with Crippen molar-refractivity contribution in [2.45, 2.75) is 52.6 Å². The number of nitrogens with zero attached hydrogens (tertiary/aromatic N) is 4. The molecule has 104 valence electrons. The van der Waals surface area contributed by atoms with Crippen LogP contribution in [0.3, 0.4) is 0 Å². The van der Waals surface area contributed by atoms with Gasteiger partial charge >= 0.3 is 0 Å². The summed E-state index contributed by atoms with van der Waals surface area (Å²) in [5.74, 6) is 1.09. The number of carbonyl (C=O) groups excluding carboxylic acids is 1. The van der Waals surface area contributed by atoms with Crippen molar-refractivity contribution >= 4 is 5.91 Å². The molecule has 1 aliphatic carbocycles. The second-order valence-electron chi connectivity index (χ2n) is 6.32. The van der Waals surface area contributed by atoms with E-state index in [1.165, 1.54) is 12.8 Å². The summed E-state index contributed by atoms with van der Waals surface area (Å²) in [7, 11) is 0. The Hall–Kier alpha value is -1.39. The normalized spacial score (nSPS) is 26.2. The maximum atomic E-state index is 12.1. The molecule has 5 heteroatoms. The number of aromatic nitrogens is 3. The topological polar surface area (TPSA) is 51.0 Å². The van der Waals surface area contributed by atoms with Crippen molar-refractivity contribution in [1.29, 1.82) is 0 Å². The molecule has 0 radical (unpaired) electrons. The molecule has 2 aliphatic rings. The van der Waals surface area contributed by atoms with Crippen molar-refractivity contribution in [3.63, 3.8) is 0 Å². The Balaban J connectivity index is 1.79. The smallest absolute Gasteiger partial charge is 0.225 e. The molecular weight excluding hydrogens is 240 g/mol. The van der Waals surface area contributed by atoms with E-state index in [9.17, 15) is 4.79 Å². The van der Waals surface area contributed by atoms with E-state index in [1.54, 1.807) is 0 Å². The zero-order valence-electron chi connectivity index (χ0n) is 12.0. The Bertz CT molecular complexity index is 488. The van der Waals surface area contributed by atoms with Gasteiger partial charge in [0.15, 0.2) is 0 Å². The first-order valence-electron chi connectivity index (χ1n) is 7.28. The fourth-order valence-corrected chi connectivity index (χ4v) is 3.11. The summed E-state index contributed by atoms with van der Waals surface area (Å²) in [6.45, 7) is 7.66. The highest BCUT2D eigenvalue weighted by Gasteiger charge is 2.33. The van der Waals surface area contributed by atoms with Gasteiger partial charge in [0, 0.05) is 18.9 Å². The first-order valence-corrected chi connectivity index (χ1v) is 7.28. The van der Waals surface area contributed by atoms with Crippen molar-refractivity contribution in [1.82, 2.24) is 19.9 Å². The minimum absolute atomic E-state index is 0.0644. The van der Waals surface area contributed by atoms with E-state index in [4.69, 9.17) is 0 Å². The third-order valence-corrected chi connectivity index (χ3v) is 4.33. The third-order valence-electron chi connectivity index (χ3n) is 4.33. The van der Waals surface area contributed by atoms with E-state index >= 15 is 0 Å². The van der Waals surface area contributed by atoms with E-state index < -0.39 is 0 Å². The maximum absolute atomic E-state index is 12.1. The van der Waals surface area contributed by atoms with Crippen molar-refractivity contribution in [2.75, 3.05) is 6.54 Å². The molecule has 2 heterocycles. The Morgan fingerprint density at radius 1 is 1.37 bits per heavy atom. The van der Waals surface area contributed by atoms with Gasteiger partial charge < -0.3 is 4.90 Å². The van der Waals surface area contributed by atoms with Crippen LogP contribution < -0.4 is 0 Å². The molecule has 0 unspecified atom stereocenters. The number of fused-ring (bicyclic) bond motifs is 1. The molecule has 3 rings (SSSR count). The van der Waals surface area contributed by atoms with Crippen LogP contribution in [0.5, 0.6) is 0 Å². The molecule has 0 atom stereocenters. The molecule has 0 aromatic carbocycles. The lowest BCUT2D eigenvalue weighted by molar-refractivity contribution is -0.135. The molecule has 1 saturated carbocycles. The molecule has 1 fully saturated rings. The summed E-state index contributed by atoms with van der Waals surface area (Å²) < 4.78 is 2.08. The van der Waals surface area contributed by atoms with Crippen molar-refractivity contribution in [3.8, 4) is 0 Å². The predicted molar refractivity (Wildman–Crippen MR) is 71.4 cm³/mol. The summed E-state index contributed by atoms with van der Waals surface area (Å²) in [4.78, 5) is 14.1. The minimum atomic E-state index is 0.0644. The van der Waals surface area contributed by atoms with Crippen molar-refractivity contribution < 1.29 is 4.79 Å². The SMILES string of the molecule is CC1CC(n2nnc3c2CN(C(=O)C(C)C)CC3)C1. The summed E-state index contributed by atoms with van der Waals surface area (Å²) in [6.07, 6.45) is 3.22. The Labute approximate surface area is 114 Å². The number of hydrogen-bond acceptors (Lipinski definition) is 3. The van der Waals surface area contributed by atoms with Gasteiger partial charge in [0.25, 0.3) is 0 Å². The van der Waals surface area contributed by atoms with E-state index in [0.717, 1.165) is 30.3 Å². The highest BCUT2D eigenvalue weighted by atomic mass is 16.2. The Kier molecular flexibility index (Phi) is 3.07. The van der Waals surface area contributed by atoms with Crippen LogP contribution in [-0.2, 0) is 17.8 Å². The third kappa shape index (κ3) is 2.15. The number of carbonyl (C=O) groups is 1. The zero-order valence-corrected chi connectivity index (χ0v) is 12.0. The second-order valence-corrected chi connectivity index (χ2v) is 6.32. The molecule has 0 N–H and O–H groups in total. The van der Waals surface area contributed by atoms with E-state index in [0.29, 0.717) is 12.6 Å². The molecule has 0 spiro atoms. The molecule has 1 amide bonds. The van der Waals surface area contributed by atoms with Gasteiger partial charge in [0.05, 0.1) is 24.0 Å². The molecule has 1 aromatic rings. The van der Waals surface area contributed by atoms with Gasteiger partial charge in [-0.25, -0.2) is 4.68 Å². The van der Waals surface area contributed by atoms with Crippen LogP contribution in [-0.4, -0.2) is 32.3 Å². The molecule has 1 aromatic heterocycles. The van der Waals surface area contributed by atoms with Crippen molar-refractivity contribution in [2.24, 2.45) is 11.8 Å². The van der Waals surface area contributed by atoms with Crippen LogP contribution in [0.1, 0.15) is 51.0 Å². The van der Waals surface area contributed by atoms with Gasteiger partial charge in [0.2, 0.25) is 5.91 Å². The van der Waals surface area contributed by atoms with Gasteiger partial charge in [-0.05, 0) is 18.8 Å². The lowest BCUT2D eigenvalue weighted by atomic mass is 9.82. The molecule has 1 aliphatic heterocycles. The molecular formula is C14H22N4O. The number of hydrogen-bond donors (Lipinski definition) is 0. The largest absolute Gasteiger partial charge is 0.336 e. The van der Waals surface area contributed by atoms with E-state index in [2.05, 4.69) is 21.9 Å². The lowest BCUT2D eigenvalue weighted by Gasteiger charge is -2.35. The summed E-state index contributed by atoms with van der Waals surface area (Å²) in [5.41, 5.74) is 2.25. The van der Waals surface area contributed by atoms with Crippen LogP contribution in [0.4, 0.5) is 0 Å². The van der Waals surface area contributed by atoms with E-state index in [1.807, 2.05) is 18.7 Å². The van der Waals surface area contributed by atoms with Gasteiger partial charge in [-0.15, -0.1) is 5.10 Å². The summed E-state index contributed by atoms with van der Waals surface area (Å²) in [5, 5.41) is 8.62. The fourth-order valence-electron chi connectivity index (χ4n) is 3.11. The zero-order chi connectivity index (χ0) is 13.6. The van der Waals surface area contributed by atoms with Gasteiger partial charge in [-0.2, -0.15) is 0 Å². The number of amides is 1. The van der Waals surface area contributed by atoms with E-state index in [-0.39, 0.29) is 11.8 Å². The molecule has 5 nitrogen and oxygen atoms in total. The average molecular weight is 262 g/mol. The fraction of sp³-hybridized carbons (Fsp3) is 0.786. The average Bonchev–Trinajstić information content (AvgIpc) is 2.76. The highest BCUT2D eigenvalue weighted by molar-refractivity contribution is 5.78. The van der Waals surface area contributed by atoms with Crippen LogP contribution in [0.15, 0.2) is 0 Å². The van der Waals surface area contributed by atoms with Gasteiger partial charge in [-0.3, -0.25) is 4.79 Å².